The molecule has 0 aliphatic carbocycles. The standard InChI is InChI=1S/C7H10ClN5O/c1-12-7(10-6(9)11-12)13-3-4(8)2-5(13)14/h4H,2-3H2,1H3,(H2,9,11). The summed E-state index contributed by atoms with van der Waals surface area (Å²) in [4.78, 5) is 16.9. The van der Waals surface area contributed by atoms with E-state index >= 15 is 0 Å². The number of aryl methyl sites for hydroxylation is 1. The minimum Gasteiger partial charge on any atom is -0.366 e. The summed E-state index contributed by atoms with van der Waals surface area (Å²) in [5.41, 5.74) is 5.41. The molecule has 2 heterocycles. The normalized spacial score (nSPS) is 22.0. The molecule has 0 radical (unpaired) electrons. The molecule has 1 fully saturated rings. The first-order valence-corrected chi connectivity index (χ1v) is 4.62. The van der Waals surface area contributed by atoms with Crippen LogP contribution in [0.2, 0.25) is 0 Å². The maximum absolute atomic E-state index is 11.5. The molecule has 0 spiro atoms. The lowest BCUT2D eigenvalue weighted by Gasteiger charge is -2.12. The van der Waals surface area contributed by atoms with E-state index < -0.39 is 0 Å². The molecule has 1 aromatic heterocycles. The highest BCUT2D eigenvalue weighted by Crippen LogP contribution is 2.22. The molecule has 1 atom stereocenters. The van der Waals surface area contributed by atoms with Gasteiger partial charge in [-0.05, 0) is 0 Å². The average Bonchev–Trinajstić information content (AvgIpc) is 2.55. The van der Waals surface area contributed by atoms with Crippen molar-refractivity contribution >= 4 is 29.4 Å². The Balaban J connectivity index is 2.31. The molecule has 1 amide bonds. The van der Waals surface area contributed by atoms with E-state index in [2.05, 4.69) is 10.1 Å². The number of carbonyl (C=O) groups is 1. The molecule has 0 aromatic carbocycles. The molecular formula is C7H10ClN5O. The zero-order valence-electron chi connectivity index (χ0n) is 7.64. The van der Waals surface area contributed by atoms with Gasteiger partial charge in [0.25, 0.3) is 0 Å². The van der Waals surface area contributed by atoms with Gasteiger partial charge in [-0.25, -0.2) is 4.68 Å². The first kappa shape index (κ1) is 9.26. The molecule has 1 aliphatic heterocycles. The SMILES string of the molecule is Cn1nc(N)nc1N1CC(Cl)CC1=O. The van der Waals surface area contributed by atoms with Gasteiger partial charge in [0.15, 0.2) is 0 Å². The Morgan fingerprint density at radius 2 is 2.36 bits per heavy atom. The van der Waals surface area contributed by atoms with Crippen molar-refractivity contribution in [3.05, 3.63) is 0 Å². The second kappa shape index (κ2) is 3.13. The van der Waals surface area contributed by atoms with E-state index in [1.54, 1.807) is 7.05 Å². The number of nitrogen functional groups attached to an aromatic ring is 1. The van der Waals surface area contributed by atoms with Crippen LogP contribution in [0.5, 0.6) is 0 Å². The topological polar surface area (TPSA) is 77.0 Å². The second-order valence-corrected chi connectivity index (χ2v) is 3.82. The quantitative estimate of drug-likeness (QED) is 0.655. The van der Waals surface area contributed by atoms with Crippen molar-refractivity contribution in [3.8, 4) is 0 Å². The van der Waals surface area contributed by atoms with E-state index in [9.17, 15) is 4.79 Å². The van der Waals surface area contributed by atoms with Gasteiger partial charge in [-0.1, -0.05) is 0 Å². The summed E-state index contributed by atoms with van der Waals surface area (Å²) in [6.07, 6.45) is 0.342. The van der Waals surface area contributed by atoms with Crippen molar-refractivity contribution in [1.82, 2.24) is 14.8 Å². The zero-order valence-corrected chi connectivity index (χ0v) is 8.40. The van der Waals surface area contributed by atoms with Gasteiger partial charge in [0.2, 0.25) is 17.8 Å². The van der Waals surface area contributed by atoms with Gasteiger partial charge in [0, 0.05) is 20.0 Å². The predicted molar refractivity (Wildman–Crippen MR) is 52.0 cm³/mol. The van der Waals surface area contributed by atoms with E-state index in [1.165, 1.54) is 9.58 Å². The number of halogens is 1. The predicted octanol–water partition coefficient (Wildman–Crippen LogP) is -0.259. The molecule has 1 unspecified atom stereocenters. The summed E-state index contributed by atoms with van der Waals surface area (Å²) in [6, 6.07) is 0. The lowest BCUT2D eigenvalue weighted by atomic mass is 10.4. The Bertz CT molecular complexity index is 376. The molecule has 14 heavy (non-hydrogen) atoms. The first-order valence-electron chi connectivity index (χ1n) is 4.19. The van der Waals surface area contributed by atoms with Crippen molar-refractivity contribution in [2.45, 2.75) is 11.8 Å². The third-order valence-electron chi connectivity index (χ3n) is 2.08. The van der Waals surface area contributed by atoms with E-state index in [4.69, 9.17) is 17.3 Å². The van der Waals surface area contributed by atoms with E-state index in [0.29, 0.717) is 18.9 Å². The molecule has 1 saturated heterocycles. The summed E-state index contributed by atoms with van der Waals surface area (Å²) in [5.74, 6) is 0.574. The third-order valence-corrected chi connectivity index (χ3v) is 2.37. The summed E-state index contributed by atoms with van der Waals surface area (Å²) in [5, 5.41) is 3.71. The van der Waals surface area contributed by atoms with Gasteiger partial charge in [0.05, 0.1) is 5.38 Å². The first-order chi connectivity index (χ1) is 6.58. The van der Waals surface area contributed by atoms with Crippen LogP contribution in [0.1, 0.15) is 6.42 Å². The van der Waals surface area contributed by atoms with Crippen LogP contribution < -0.4 is 10.6 Å². The van der Waals surface area contributed by atoms with Crippen LogP contribution in [0.4, 0.5) is 11.9 Å². The molecule has 1 aromatic rings. The number of hydrogen-bond acceptors (Lipinski definition) is 4. The van der Waals surface area contributed by atoms with Crippen LogP contribution in [-0.2, 0) is 11.8 Å². The number of carbonyl (C=O) groups excluding carboxylic acids is 1. The minimum absolute atomic E-state index is 0.0412. The fraction of sp³-hybridized carbons (Fsp3) is 0.571. The number of nitrogens with zero attached hydrogens (tertiary/aromatic N) is 4. The Morgan fingerprint density at radius 3 is 2.79 bits per heavy atom. The van der Waals surface area contributed by atoms with Crippen molar-refractivity contribution in [2.24, 2.45) is 7.05 Å². The van der Waals surface area contributed by atoms with E-state index in [-0.39, 0.29) is 17.2 Å². The molecule has 0 saturated carbocycles. The Labute approximate surface area is 85.6 Å². The summed E-state index contributed by atoms with van der Waals surface area (Å²) < 4.78 is 1.47. The lowest BCUT2D eigenvalue weighted by Crippen LogP contribution is -2.27. The number of hydrogen-bond donors (Lipinski definition) is 1. The molecular weight excluding hydrogens is 206 g/mol. The molecule has 1 aliphatic rings. The average molecular weight is 216 g/mol. The van der Waals surface area contributed by atoms with Gasteiger partial charge >= 0.3 is 0 Å². The van der Waals surface area contributed by atoms with Crippen molar-refractivity contribution in [2.75, 3.05) is 17.2 Å². The van der Waals surface area contributed by atoms with Crippen LogP contribution in [0.25, 0.3) is 0 Å². The summed E-state index contributed by atoms with van der Waals surface area (Å²) in [6.45, 7) is 0.465. The van der Waals surface area contributed by atoms with Gasteiger partial charge < -0.3 is 5.73 Å². The largest absolute Gasteiger partial charge is 0.366 e. The monoisotopic (exact) mass is 215 g/mol. The van der Waals surface area contributed by atoms with Crippen LogP contribution in [0, 0.1) is 0 Å². The summed E-state index contributed by atoms with van der Waals surface area (Å²) in [7, 11) is 1.69. The number of rotatable bonds is 1. The Kier molecular flexibility index (Phi) is 2.07. The zero-order chi connectivity index (χ0) is 10.3. The molecule has 7 heteroatoms. The van der Waals surface area contributed by atoms with Gasteiger partial charge in [-0.3, -0.25) is 9.69 Å². The van der Waals surface area contributed by atoms with Gasteiger partial charge in [-0.15, -0.1) is 16.7 Å². The highest BCUT2D eigenvalue weighted by Gasteiger charge is 2.32. The van der Waals surface area contributed by atoms with E-state index in [1.807, 2.05) is 0 Å². The number of anilines is 2. The molecule has 6 nitrogen and oxygen atoms in total. The van der Waals surface area contributed by atoms with Crippen molar-refractivity contribution in [3.63, 3.8) is 0 Å². The molecule has 0 bridgehead atoms. The van der Waals surface area contributed by atoms with Gasteiger partial charge in [0.1, 0.15) is 0 Å². The van der Waals surface area contributed by atoms with Gasteiger partial charge in [-0.2, -0.15) is 4.98 Å². The number of nitrogens with two attached hydrogens (primary N) is 1. The fourth-order valence-corrected chi connectivity index (χ4v) is 1.76. The number of aromatic nitrogens is 3. The van der Waals surface area contributed by atoms with Crippen LogP contribution >= 0.6 is 11.6 Å². The lowest BCUT2D eigenvalue weighted by molar-refractivity contribution is -0.117. The van der Waals surface area contributed by atoms with Crippen LogP contribution in [0.3, 0.4) is 0 Å². The maximum Gasteiger partial charge on any atom is 0.241 e. The molecule has 2 N–H and O–H groups in total. The summed E-state index contributed by atoms with van der Waals surface area (Å²) >= 11 is 5.86. The van der Waals surface area contributed by atoms with Crippen molar-refractivity contribution < 1.29 is 4.79 Å². The minimum atomic E-state index is -0.152. The van der Waals surface area contributed by atoms with Crippen LogP contribution in [-0.4, -0.2) is 32.6 Å². The fourth-order valence-electron chi connectivity index (χ4n) is 1.49. The highest BCUT2D eigenvalue weighted by atomic mass is 35.5. The number of alkyl halides is 1. The Hall–Kier alpha value is -1.30. The smallest absolute Gasteiger partial charge is 0.241 e. The Morgan fingerprint density at radius 1 is 1.64 bits per heavy atom. The maximum atomic E-state index is 11.5. The van der Waals surface area contributed by atoms with Crippen LogP contribution in [0.15, 0.2) is 0 Å². The number of amides is 1. The molecule has 2 rings (SSSR count). The highest BCUT2D eigenvalue weighted by molar-refractivity contribution is 6.24. The second-order valence-electron chi connectivity index (χ2n) is 3.20. The third kappa shape index (κ3) is 1.41. The van der Waals surface area contributed by atoms with Crippen molar-refractivity contribution in [1.29, 1.82) is 0 Å². The van der Waals surface area contributed by atoms with E-state index in [0.717, 1.165) is 0 Å². The molecule has 76 valence electrons.